The second-order valence-electron chi connectivity index (χ2n) is 8.27. The molecule has 0 aliphatic heterocycles. The molecular weight excluding hydrogens is 396 g/mol. The number of aromatic amines is 1. The highest BCUT2D eigenvalue weighted by atomic mass is 16.5. The van der Waals surface area contributed by atoms with Gasteiger partial charge in [-0.15, -0.1) is 0 Å². The van der Waals surface area contributed by atoms with Gasteiger partial charge in [0.1, 0.15) is 5.75 Å². The molecule has 0 spiro atoms. The zero-order valence-electron chi connectivity index (χ0n) is 19.2. The van der Waals surface area contributed by atoms with E-state index in [1.54, 1.807) is 0 Å². The van der Waals surface area contributed by atoms with Crippen molar-refractivity contribution in [1.82, 2.24) is 9.88 Å². The number of hydrogen-bond acceptors (Lipinski definition) is 2. The van der Waals surface area contributed by atoms with Crippen molar-refractivity contribution in [3.63, 3.8) is 0 Å². The number of nitrogens with one attached hydrogen (secondary N) is 1. The Bertz CT molecular complexity index is 1220. The molecule has 0 saturated carbocycles. The first kappa shape index (κ1) is 21.7. The third-order valence-corrected chi connectivity index (χ3v) is 6.19. The third-order valence-electron chi connectivity index (χ3n) is 6.19. The second-order valence-corrected chi connectivity index (χ2v) is 8.27. The molecule has 3 aromatic carbocycles. The maximum absolute atomic E-state index is 13.4. The number of benzene rings is 3. The summed E-state index contributed by atoms with van der Waals surface area (Å²) in [6.45, 7) is 8.74. The number of fused-ring (bicyclic) bond motifs is 1. The maximum atomic E-state index is 13.4. The maximum Gasteiger partial charge on any atom is 0.261 e. The van der Waals surface area contributed by atoms with Crippen LogP contribution >= 0.6 is 0 Å². The van der Waals surface area contributed by atoms with Crippen LogP contribution in [0.25, 0.3) is 10.9 Å². The van der Waals surface area contributed by atoms with E-state index in [-0.39, 0.29) is 18.6 Å². The van der Waals surface area contributed by atoms with Crippen LogP contribution in [0.15, 0.2) is 72.9 Å². The number of hydrogen-bond donors (Lipinski definition) is 1. The molecule has 0 radical (unpaired) electrons. The Morgan fingerprint density at radius 1 is 0.969 bits per heavy atom. The van der Waals surface area contributed by atoms with E-state index >= 15 is 0 Å². The molecule has 0 aliphatic rings. The van der Waals surface area contributed by atoms with Crippen LogP contribution in [0.4, 0.5) is 0 Å². The lowest BCUT2D eigenvalue weighted by Crippen LogP contribution is -2.38. The molecule has 4 heteroatoms. The number of amides is 1. The molecule has 1 atom stereocenters. The molecule has 1 N–H and O–H groups in total. The fourth-order valence-corrected chi connectivity index (χ4v) is 4.20. The van der Waals surface area contributed by atoms with Crippen LogP contribution in [-0.4, -0.2) is 28.9 Å². The fraction of sp³-hybridized carbons (Fsp3) is 0.250. The quantitative estimate of drug-likeness (QED) is 0.387. The van der Waals surface area contributed by atoms with Crippen LogP contribution in [0.3, 0.4) is 0 Å². The molecule has 0 bridgehead atoms. The zero-order chi connectivity index (χ0) is 22.7. The Morgan fingerprint density at radius 3 is 2.47 bits per heavy atom. The fourth-order valence-electron chi connectivity index (χ4n) is 4.20. The van der Waals surface area contributed by atoms with Crippen molar-refractivity contribution in [2.45, 2.75) is 33.7 Å². The molecule has 4 nitrogen and oxygen atoms in total. The number of para-hydroxylation sites is 1. The van der Waals surface area contributed by atoms with Crippen LogP contribution in [0.2, 0.25) is 0 Å². The van der Waals surface area contributed by atoms with Gasteiger partial charge >= 0.3 is 0 Å². The van der Waals surface area contributed by atoms with Crippen molar-refractivity contribution in [3.8, 4) is 5.75 Å². The third kappa shape index (κ3) is 4.26. The molecule has 164 valence electrons. The Balaban J connectivity index is 1.69. The number of rotatable bonds is 7. The van der Waals surface area contributed by atoms with Gasteiger partial charge in [-0.05, 0) is 56.5 Å². The first-order chi connectivity index (χ1) is 15.5. The number of carbonyl (C=O) groups excluding carboxylic acids is 1. The number of aryl methyl sites for hydroxylation is 2. The van der Waals surface area contributed by atoms with Crippen molar-refractivity contribution in [2.24, 2.45) is 0 Å². The molecule has 1 aromatic heterocycles. The van der Waals surface area contributed by atoms with Crippen molar-refractivity contribution >= 4 is 16.8 Å². The Kier molecular flexibility index (Phi) is 6.31. The summed E-state index contributed by atoms with van der Waals surface area (Å²) in [5, 5.41) is 1.12. The van der Waals surface area contributed by atoms with Crippen LogP contribution in [0.5, 0.6) is 5.75 Å². The highest BCUT2D eigenvalue weighted by molar-refractivity contribution is 5.86. The van der Waals surface area contributed by atoms with E-state index in [4.69, 9.17) is 4.74 Å². The number of aromatic nitrogens is 1. The summed E-state index contributed by atoms with van der Waals surface area (Å²) in [6.07, 6.45) is 2.02. The summed E-state index contributed by atoms with van der Waals surface area (Å²) in [4.78, 5) is 18.7. The molecule has 1 unspecified atom stereocenters. The normalized spacial score (nSPS) is 12.0. The predicted molar refractivity (Wildman–Crippen MR) is 130 cm³/mol. The molecule has 1 amide bonds. The Hall–Kier alpha value is -3.53. The molecule has 4 aromatic rings. The van der Waals surface area contributed by atoms with Crippen molar-refractivity contribution in [3.05, 3.63) is 101 Å². The lowest BCUT2D eigenvalue weighted by molar-refractivity contribution is -0.134. The minimum absolute atomic E-state index is 0.00283. The molecule has 32 heavy (non-hydrogen) atoms. The number of H-pyrrole nitrogens is 1. The van der Waals surface area contributed by atoms with Gasteiger partial charge in [0.15, 0.2) is 6.61 Å². The van der Waals surface area contributed by atoms with E-state index in [0.29, 0.717) is 6.54 Å². The van der Waals surface area contributed by atoms with Crippen LogP contribution in [0.1, 0.15) is 40.8 Å². The minimum Gasteiger partial charge on any atom is -0.483 e. The standard InChI is InChI=1S/C28H30N2O2/c1-5-30(27(31)18-32-26-12-8-9-20(3)21(26)4)28(22-15-13-19(2)14-16-22)24-17-29-25-11-7-6-10-23(24)25/h6-17,28-29H,5,18H2,1-4H3. The molecule has 1 heterocycles. The average Bonchev–Trinajstić information content (AvgIpc) is 3.22. The van der Waals surface area contributed by atoms with Gasteiger partial charge < -0.3 is 14.6 Å². The second kappa shape index (κ2) is 9.31. The minimum atomic E-state index is -0.202. The van der Waals surface area contributed by atoms with Gasteiger partial charge in [-0.25, -0.2) is 0 Å². The van der Waals surface area contributed by atoms with Gasteiger partial charge in [0.2, 0.25) is 0 Å². The molecule has 0 saturated heterocycles. The van der Waals surface area contributed by atoms with Gasteiger partial charge in [0, 0.05) is 29.2 Å². The van der Waals surface area contributed by atoms with Crippen molar-refractivity contribution < 1.29 is 9.53 Å². The van der Waals surface area contributed by atoms with Gasteiger partial charge in [-0.2, -0.15) is 0 Å². The zero-order valence-corrected chi connectivity index (χ0v) is 19.2. The number of carbonyl (C=O) groups is 1. The van der Waals surface area contributed by atoms with Crippen LogP contribution < -0.4 is 4.74 Å². The number of ether oxygens (including phenoxy) is 1. The highest BCUT2D eigenvalue weighted by Crippen LogP contribution is 2.34. The van der Waals surface area contributed by atoms with E-state index in [0.717, 1.165) is 38.9 Å². The van der Waals surface area contributed by atoms with Gasteiger partial charge in [-0.1, -0.05) is 60.2 Å². The van der Waals surface area contributed by atoms with E-state index in [2.05, 4.69) is 48.3 Å². The van der Waals surface area contributed by atoms with Crippen molar-refractivity contribution in [2.75, 3.05) is 13.2 Å². The van der Waals surface area contributed by atoms with E-state index in [1.165, 1.54) is 5.56 Å². The summed E-state index contributed by atoms with van der Waals surface area (Å²) in [5.41, 5.74) is 6.65. The smallest absolute Gasteiger partial charge is 0.261 e. The SMILES string of the molecule is CCN(C(=O)COc1cccc(C)c1C)C(c1ccc(C)cc1)c1c[nH]c2ccccc12. The van der Waals surface area contributed by atoms with Crippen molar-refractivity contribution in [1.29, 1.82) is 0 Å². The molecule has 0 aliphatic carbocycles. The van der Waals surface area contributed by atoms with Gasteiger partial charge in [0.25, 0.3) is 5.91 Å². The lowest BCUT2D eigenvalue weighted by Gasteiger charge is -2.31. The Labute approximate surface area is 189 Å². The van der Waals surface area contributed by atoms with E-state index in [1.807, 2.05) is 62.2 Å². The molecule has 0 fully saturated rings. The molecular formula is C28H30N2O2. The van der Waals surface area contributed by atoms with Crippen LogP contribution in [0, 0.1) is 20.8 Å². The van der Waals surface area contributed by atoms with Crippen LogP contribution in [-0.2, 0) is 4.79 Å². The summed E-state index contributed by atoms with van der Waals surface area (Å²) in [5.74, 6) is 0.720. The van der Waals surface area contributed by atoms with E-state index in [9.17, 15) is 4.79 Å². The highest BCUT2D eigenvalue weighted by Gasteiger charge is 2.28. The number of nitrogens with zero attached hydrogens (tertiary/aromatic N) is 1. The lowest BCUT2D eigenvalue weighted by atomic mass is 9.95. The first-order valence-corrected chi connectivity index (χ1v) is 11.1. The Morgan fingerprint density at radius 2 is 1.72 bits per heavy atom. The molecule has 4 rings (SSSR count). The topological polar surface area (TPSA) is 45.3 Å². The first-order valence-electron chi connectivity index (χ1n) is 11.1. The largest absolute Gasteiger partial charge is 0.483 e. The van der Waals surface area contributed by atoms with Gasteiger partial charge in [-0.3, -0.25) is 4.79 Å². The summed E-state index contributed by atoms with van der Waals surface area (Å²) in [6, 6.07) is 22.4. The predicted octanol–water partition coefficient (Wildman–Crippen LogP) is 6.11. The monoisotopic (exact) mass is 426 g/mol. The summed E-state index contributed by atoms with van der Waals surface area (Å²) < 4.78 is 5.97. The van der Waals surface area contributed by atoms with E-state index < -0.39 is 0 Å². The average molecular weight is 427 g/mol. The summed E-state index contributed by atoms with van der Waals surface area (Å²) >= 11 is 0. The summed E-state index contributed by atoms with van der Waals surface area (Å²) in [7, 11) is 0. The van der Waals surface area contributed by atoms with Gasteiger partial charge in [0.05, 0.1) is 6.04 Å². The number of likely N-dealkylation sites (N-methyl/N-ethyl adjacent to an activating group) is 1.